The highest BCUT2D eigenvalue weighted by molar-refractivity contribution is 7.17. The Kier molecular flexibility index (Phi) is 7.49. The minimum atomic E-state index is -0.534. The molecule has 1 aliphatic carbocycles. The van der Waals surface area contributed by atoms with Crippen LogP contribution in [0.2, 0.25) is 0 Å². The van der Waals surface area contributed by atoms with E-state index in [2.05, 4.69) is 15.8 Å². The first-order valence-corrected chi connectivity index (χ1v) is 9.58. The third-order valence-electron chi connectivity index (χ3n) is 3.93. The Hall–Kier alpha value is -2.73. The highest BCUT2D eigenvalue weighted by Gasteiger charge is 2.27. The van der Waals surface area contributed by atoms with Crippen molar-refractivity contribution in [2.45, 2.75) is 52.4 Å². The maximum atomic E-state index is 12.4. The number of rotatable bonds is 7. The summed E-state index contributed by atoms with van der Waals surface area (Å²) in [6.07, 6.45) is 3.44. The van der Waals surface area contributed by atoms with Gasteiger partial charge in [0.15, 0.2) is 0 Å². The number of fused-ring (bicyclic) bond motifs is 1. The van der Waals surface area contributed by atoms with Gasteiger partial charge >= 0.3 is 5.97 Å². The zero-order valence-electron chi connectivity index (χ0n) is 15.4. The van der Waals surface area contributed by atoms with Crippen LogP contribution in [0.5, 0.6) is 0 Å². The van der Waals surface area contributed by atoms with E-state index in [0.717, 1.165) is 36.1 Å². The quantitative estimate of drug-likeness (QED) is 0.421. The van der Waals surface area contributed by atoms with Gasteiger partial charge < -0.3 is 10.1 Å². The van der Waals surface area contributed by atoms with Crippen LogP contribution in [0.4, 0.5) is 5.00 Å². The molecule has 2 rings (SSSR count). The molecule has 0 bridgehead atoms. The van der Waals surface area contributed by atoms with E-state index >= 15 is 0 Å². The number of nitrogens with one attached hydrogen (secondary N) is 2. The Morgan fingerprint density at radius 1 is 1.26 bits per heavy atom. The molecule has 0 spiro atoms. The first-order chi connectivity index (χ1) is 13.0. The fraction of sp³-hybridized carbons (Fsp3) is 0.500. The molecule has 144 valence electrons. The molecule has 1 heterocycles. The molecule has 0 aromatic carbocycles. The summed E-state index contributed by atoms with van der Waals surface area (Å²) in [5.74, 6) is -1.29. The fourth-order valence-electron chi connectivity index (χ4n) is 2.78. The monoisotopic (exact) mass is 390 g/mol. The second kappa shape index (κ2) is 9.83. The Balaban J connectivity index is 2.10. The molecule has 2 amide bonds. The van der Waals surface area contributed by atoms with Crippen molar-refractivity contribution in [1.82, 2.24) is 5.43 Å². The minimum Gasteiger partial charge on any atom is -0.462 e. The average Bonchev–Trinajstić information content (AvgIpc) is 2.98. The van der Waals surface area contributed by atoms with Gasteiger partial charge in [0.25, 0.3) is 5.91 Å². The largest absolute Gasteiger partial charge is 0.462 e. The van der Waals surface area contributed by atoms with Gasteiger partial charge in [0, 0.05) is 10.6 Å². The van der Waals surface area contributed by atoms with Crippen LogP contribution in [0.1, 0.15) is 60.3 Å². The average molecular weight is 390 g/mol. The molecule has 1 aromatic rings. The van der Waals surface area contributed by atoms with E-state index in [4.69, 9.17) is 10.00 Å². The predicted octanol–water partition coefficient (Wildman–Crippen LogP) is 2.54. The number of ether oxygens (including phenoxy) is 1. The number of nitriles is 1. The molecule has 1 aliphatic rings. The number of hydrazone groups is 1. The molecule has 0 atom stereocenters. The standard InChI is InChI=1S/C18H22N4O4S/c1-3-26-18(25)16-12-6-4-5-7-13(12)27-17(16)20-15(24)10-11(2)21-22-14(23)8-9-19/h3-8,10H2,1-2H3,(H,20,24)(H,22,23). The van der Waals surface area contributed by atoms with Gasteiger partial charge in [-0.15, -0.1) is 11.3 Å². The second-order valence-electron chi connectivity index (χ2n) is 6.08. The van der Waals surface area contributed by atoms with Crippen molar-refractivity contribution in [3.8, 4) is 6.07 Å². The van der Waals surface area contributed by atoms with Crippen LogP contribution >= 0.6 is 11.3 Å². The highest BCUT2D eigenvalue weighted by atomic mass is 32.1. The van der Waals surface area contributed by atoms with Crippen LogP contribution < -0.4 is 10.7 Å². The lowest BCUT2D eigenvalue weighted by Crippen LogP contribution is -2.21. The van der Waals surface area contributed by atoms with Crippen LogP contribution in [-0.4, -0.2) is 30.1 Å². The second-order valence-corrected chi connectivity index (χ2v) is 7.18. The first-order valence-electron chi connectivity index (χ1n) is 8.76. The Labute approximate surface area is 161 Å². The number of esters is 1. The van der Waals surface area contributed by atoms with Gasteiger partial charge in [-0.3, -0.25) is 9.59 Å². The minimum absolute atomic E-state index is 0.0440. The number of hydrogen-bond acceptors (Lipinski definition) is 7. The Morgan fingerprint density at radius 3 is 2.70 bits per heavy atom. The number of hydrogen-bond donors (Lipinski definition) is 2. The molecule has 0 saturated carbocycles. The maximum Gasteiger partial charge on any atom is 0.341 e. The maximum absolute atomic E-state index is 12.4. The van der Waals surface area contributed by atoms with Crippen molar-refractivity contribution < 1.29 is 19.1 Å². The van der Waals surface area contributed by atoms with E-state index in [-0.39, 0.29) is 25.4 Å². The molecule has 2 N–H and O–H groups in total. The van der Waals surface area contributed by atoms with Gasteiger partial charge in [-0.25, -0.2) is 10.2 Å². The van der Waals surface area contributed by atoms with E-state index < -0.39 is 11.9 Å². The van der Waals surface area contributed by atoms with Gasteiger partial charge in [-0.05, 0) is 45.1 Å². The molecular weight excluding hydrogens is 368 g/mol. The number of amides is 2. The highest BCUT2D eigenvalue weighted by Crippen LogP contribution is 2.38. The Morgan fingerprint density at radius 2 is 2.00 bits per heavy atom. The number of nitrogens with zero attached hydrogens (tertiary/aromatic N) is 2. The van der Waals surface area contributed by atoms with E-state index in [0.29, 0.717) is 16.3 Å². The van der Waals surface area contributed by atoms with Crippen LogP contribution in [-0.2, 0) is 27.2 Å². The summed E-state index contributed by atoms with van der Waals surface area (Å²) < 4.78 is 5.16. The normalized spacial score (nSPS) is 13.3. The zero-order chi connectivity index (χ0) is 19.8. The molecule has 27 heavy (non-hydrogen) atoms. The number of aryl methyl sites for hydroxylation is 1. The molecule has 0 radical (unpaired) electrons. The molecule has 9 heteroatoms. The van der Waals surface area contributed by atoms with Gasteiger partial charge in [0.2, 0.25) is 5.91 Å². The van der Waals surface area contributed by atoms with Crippen molar-refractivity contribution in [1.29, 1.82) is 5.26 Å². The number of anilines is 1. The lowest BCUT2D eigenvalue weighted by molar-refractivity contribution is -0.120. The van der Waals surface area contributed by atoms with Gasteiger partial charge in [0.1, 0.15) is 11.4 Å². The van der Waals surface area contributed by atoms with Crippen molar-refractivity contribution in [3.63, 3.8) is 0 Å². The van der Waals surface area contributed by atoms with Crippen LogP contribution in [0.3, 0.4) is 0 Å². The van der Waals surface area contributed by atoms with Crippen molar-refractivity contribution in [3.05, 3.63) is 16.0 Å². The summed E-state index contributed by atoms with van der Waals surface area (Å²) in [6.45, 7) is 3.61. The van der Waals surface area contributed by atoms with Crippen molar-refractivity contribution in [2.24, 2.45) is 5.10 Å². The summed E-state index contributed by atoms with van der Waals surface area (Å²) >= 11 is 1.42. The third kappa shape index (κ3) is 5.62. The molecule has 0 fully saturated rings. The van der Waals surface area contributed by atoms with Crippen LogP contribution in [0.15, 0.2) is 5.10 Å². The van der Waals surface area contributed by atoms with Crippen molar-refractivity contribution in [2.75, 3.05) is 11.9 Å². The first kappa shape index (κ1) is 20.6. The van der Waals surface area contributed by atoms with Gasteiger partial charge in [0.05, 0.1) is 24.7 Å². The molecule has 1 aromatic heterocycles. The summed E-state index contributed by atoms with van der Waals surface area (Å²) in [5.41, 5.74) is 4.04. The summed E-state index contributed by atoms with van der Waals surface area (Å²) in [6, 6.07) is 1.71. The lowest BCUT2D eigenvalue weighted by Gasteiger charge is -2.12. The van der Waals surface area contributed by atoms with E-state index in [1.54, 1.807) is 19.9 Å². The number of carbonyl (C=O) groups is 3. The fourth-order valence-corrected chi connectivity index (χ4v) is 4.08. The summed E-state index contributed by atoms with van der Waals surface area (Å²) in [7, 11) is 0. The number of carbonyl (C=O) groups excluding carboxylic acids is 3. The molecular formula is C18H22N4O4S. The zero-order valence-corrected chi connectivity index (χ0v) is 16.2. The smallest absolute Gasteiger partial charge is 0.341 e. The van der Waals surface area contributed by atoms with Gasteiger partial charge in [-0.1, -0.05) is 0 Å². The topological polar surface area (TPSA) is 121 Å². The number of thiophene rings is 1. The SMILES string of the molecule is CCOC(=O)c1c(NC(=O)CC(C)=NNC(=O)CC#N)sc2c1CCCC2. The predicted molar refractivity (Wildman–Crippen MR) is 102 cm³/mol. The Bertz CT molecular complexity index is 807. The summed E-state index contributed by atoms with van der Waals surface area (Å²) in [4.78, 5) is 37.1. The van der Waals surface area contributed by atoms with E-state index in [9.17, 15) is 14.4 Å². The lowest BCUT2D eigenvalue weighted by atomic mass is 9.95. The van der Waals surface area contributed by atoms with Crippen LogP contribution in [0, 0.1) is 11.3 Å². The molecule has 0 unspecified atom stereocenters. The van der Waals surface area contributed by atoms with Gasteiger partial charge in [-0.2, -0.15) is 10.4 Å². The molecule has 8 nitrogen and oxygen atoms in total. The van der Waals surface area contributed by atoms with Crippen molar-refractivity contribution >= 4 is 39.8 Å². The third-order valence-corrected chi connectivity index (χ3v) is 5.14. The van der Waals surface area contributed by atoms with E-state index in [1.807, 2.05) is 0 Å². The molecule has 0 saturated heterocycles. The van der Waals surface area contributed by atoms with Crippen LogP contribution in [0.25, 0.3) is 0 Å². The summed E-state index contributed by atoms with van der Waals surface area (Å²) in [5, 5.41) is 15.5. The van der Waals surface area contributed by atoms with E-state index in [1.165, 1.54) is 11.3 Å². The molecule has 0 aliphatic heterocycles.